The van der Waals surface area contributed by atoms with E-state index in [1.54, 1.807) is 6.92 Å². The third-order valence-electron chi connectivity index (χ3n) is 3.31. The summed E-state index contributed by atoms with van der Waals surface area (Å²) in [7, 11) is 0. The van der Waals surface area contributed by atoms with Gasteiger partial charge >= 0.3 is 0 Å². The Morgan fingerprint density at radius 3 is 3.00 bits per heavy atom. The summed E-state index contributed by atoms with van der Waals surface area (Å²) in [5, 5.41) is 9.35. The maximum Gasteiger partial charge on any atom is 0.143 e. The van der Waals surface area contributed by atoms with Crippen LogP contribution < -0.4 is 0 Å². The van der Waals surface area contributed by atoms with E-state index in [1.165, 1.54) is 0 Å². The molecule has 1 N–H and O–H groups in total. The Balaban J connectivity index is 2.23. The van der Waals surface area contributed by atoms with E-state index in [2.05, 4.69) is 6.08 Å². The van der Waals surface area contributed by atoms with Gasteiger partial charge in [-0.15, -0.1) is 0 Å². The molecule has 0 spiro atoms. The maximum atomic E-state index is 11.8. The molecule has 2 nitrogen and oxygen atoms in total. The quantitative estimate of drug-likeness (QED) is 0.656. The summed E-state index contributed by atoms with van der Waals surface area (Å²) < 4.78 is 0. The highest BCUT2D eigenvalue weighted by Gasteiger charge is 2.43. The molecule has 72 valence electrons. The molecule has 0 unspecified atom stereocenters. The molecule has 2 bridgehead atoms. The summed E-state index contributed by atoms with van der Waals surface area (Å²) in [4.78, 5) is 11.8. The van der Waals surface area contributed by atoms with Crippen molar-refractivity contribution < 1.29 is 9.90 Å². The van der Waals surface area contributed by atoms with Crippen molar-refractivity contribution >= 4 is 5.78 Å². The lowest BCUT2D eigenvalue weighted by Crippen LogP contribution is -2.40. The van der Waals surface area contributed by atoms with Gasteiger partial charge in [-0.3, -0.25) is 4.79 Å². The Morgan fingerprint density at radius 2 is 2.54 bits per heavy atom. The SMILES string of the molecule is C[C@H](O)C[C@@]12C=C[C@@H](CC1)CC2=O. The van der Waals surface area contributed by atoms with Crippen molar-refractivity contribution in [1.29, 1.82) is 0 Å². The first kappa shape index (κ1) is 8.95. The van der Waals surface area contributed by atoms with Crippen molar-refractivity contribution in [3.8, 4) is 0 Å². The van der Waals surface area contributed by atoms with E-state index in [0.717, 1.165) is 12.8 Å². The highest BCUT2D eigenvalue weighted by atomic mass is 16.3. The molecule has 0 amide bonds. The number of carbonyl (C=O) groups is 1. The number of rotatable bonds is 2. The standard InChI is InChI=1S/C11H16O2/c1-8(12)7-11-4-2-9(3-5-11)6-10(11)13/h2,4,8-9,12H,3,5-7H2,1H3/t8-,9-,11+/m0/s1. The van der Waals surface area contributed by atoms with Crippen LogP contribution in [0, 0.1) is 11.3 Å². The van der Waals surface area contributed by atoms with E-state index in [1.807, 2.05) is 6.08 Å². The molecule has 3 aliphatic rings. The molecule has 13 heavy (non-hydrogen) atoms. The van der Waals surface area contributed by atoms with Gasteiger partial charge in [-0.1, -0.05) is 12.2 Å². The van der Waals surface area contributed by atoms with Gasteiger partial charge in [0.1, 0.15) is 5.78 Å². The van der Waals surface area contributed by atoms with Crippen LogP contribution in [0.1, 0.15) is 32.6 Å². The van der Waals surface area contributed by atoms with Crippen LogP contribution >= 0.6 is 0 Å². The Kier molecular flexibility index (Phi) is 2.03. The number of aliphatic hydroxyl groups excluding tert-OH is 1. The molecule has 0 aromatic carbocycles. The van der Waals surface area contributed by atoms with Gasteiger partial charge in [0, 0.05) is 11.8 Å². The zero-order chi connectivity index (χ0) is 9.47. The van der Waals surface area contributed by atoms with Crippen LogP contribution in [0.4, 0.5) is 0 Å². The molecule has 2 heteroatoms. The lowest BCUT2D eigenvalue weighted by atomic mass is 9.62. The average Bonchev–Trinajstić information content (AvgIpc) is 2.06. The summed E-state index contributed by atoms with van der Waals surface area (Å²) >= 11 is 0. The zero-order valence-electron chi connectivity index (χ0n) is 7.99. The largest absolute Gasteiger partial charge is 0.393 e. The second kappa shape index (κ2) is 2.95. The first-order valence-corrected chi connectivity index (χ1v) is 5.03. The molecule has 1 fully saturated rings. The summed E-state index contributed by atoms with van der Waals surface area (Å²) in [5.74, 6) is 0.829. The number of hydrogen-bond donors (Lipinski definition) is 1. The summed E-state index contributed by atoms with van der Waals surface area (Å²) in [6, 6.07) is 0. The van der Waals surface area contributed by atoms with Crippen LogP contribution in [0.15, 0.2) is 12.2 Å². The second-order valence-corrected chi connectivity index (χ2v) is 4.49. The normalized spacial score (nSPS) is 39.5. The molecule has 3 rings (SSSR count). The molecule has 3 atom stereocenters. The third kappa shape index (κ3) is 1.44. The summed E-state index contributed by atoms with van der Waals surface area (Å²) in [5.41, 5.74) is -0.303. The Hall–Kier alpha value is -0.630. The number of hydrogen-bond acceptors (Lipinski definition) is 2. The van der Waals surface area contributed by atoms with Crippen LogP contribution in [-0.4, -0.2) is 17.0 Å². The van der Waals surface area contributed by atoms with Gasteiger partial charge in [-0.25, -0.2) is 0 Å². The predicted octanol–water partition coefficient (Wildman–Crippen LogP) is 1.68. The van der Waals surface area contributed by atoms with Crippen molar-refractivity contribution in [1.82, 2.24) is 0 Å². The average molecular weight is 180 g/mol. The zero-order valence-corrected chi connectivity index (χ0v) is 7.99. The molecule has 0 saturated heterocycles. The van der Waals surface area contributed by atoms with Gasteiger partial charge < -0.3 is 5.11 Å². The molecule has 0 aromatic rings. The fourth-order valence-corrected chi connectivity index (χ4v) is 2.60. The van der Waals surface area contributed by atoms with E-state index >= 15 is 0 Å². The van der Waals surface area contributed by atoms with Crippen LogP contribution in [0.25, 0.3) is 0 Å². The number of carbonyl (C=O) groups excluding carboxylic acids is 1. The van der Waals surface area contributed by atoms with Crippen molar-refractivity contribution in [2.45, 2.75) is 38.7 Å². The molecule has 0 heterocycles. The maximum absolute atomic E-state index is 11.8. The smallest absolute Gasteiger partial charge is 0.143 e. The lowest BCUT2D eigenvalue weighted by Gasteiger charge is -2.41. The molecule has 1 saturated carbocycles. The third-order valence-corrected chi connectivity index (χ3v) is 3.31. The minimum atomic E-state index is -0.372. The minimum Gasteiger partial charge on any atom is -0.393 e. The molecule has 3 aliphatic carbocycles. The van der Waals surface area contributed by atoms with Crippen molar-refractivity contribution in [3.63, 3.8) is 0 Å². The molecular formula is C11H16O2. The molecule has 0 aromatic heterocycles. The Bertz CT molecular complexity index is 255. The first-order chi connectivity index (χ1) is 6.12. The van der Waals surface area contributed by atoms with Crippen LogP contribution in [0.3, 0.4) is 0 Å². The number of ketones is 1. The van der Waals surface area contributed by atoms with Gasteiger partial charge in [0.15, 0.2) is 0 Å². The van der Waals surface area contributed by atoms with Gasteiger partial charge in [0.2, 0.25) is 0 Å². The molecule has 0 radical (unpaired) electrons. The molecule has 0 aliphatic heterocycles. The van der Waals surface area contributed by atoms with E-state index in [4.69, 9.17) is 0 Å². The first-order valence-electron chi connectivity index (χ1n) is 5.03. The van der Waals surface area contributed by atoms with E-state index in [9.17, 15) is 9.90 Å². The Labute approximate surface area is 78.6 Å². The van der Waals surface area contributed by atoms with Gasteiger partial charge in [0.25, 0.3) is 0 Å². The topological polar surface area (TPSA) is 37.3 Å². The van der Waals surface area contributed by atoms with Crippen LogP contribution in [0.2, 0.25) is 0 Å². The number of allylic oxidation sites excluding steroid dienone is 2. The van der Waals surface area contributed by atoms with Crippen LogP contribution in [-0.2, 0) is 4.79 Å². The van der Waals surface area contributed by atoms with Crippen molar-refractivity contribution in [2.75, 3.05) is 0 Å². The van der Waals surface area contributed by atoms with Crippen molar-refractivity contribution in [2.24, 2.45) is 11.3 Å². The summed E-state index contributed by atoms with van der Waals surface area (Å²) in [6.45, 7) is 1.76. The molecular weight excluding hydrogens is 164 g/mol. The minimum absolute atomic E-state index is 0.303. The van der Waals surface area contributed by atoms with E-state index in [0.29, 0.717) is 24.5 Å². The second-order valence-electron chi connectivity index (χ2n) is 4.49. The van der Waals surface area contributed by atoms with Gasteiger partial charge in [-0.05, 0) is 32.1 Å². The highest BCUT2D eigenvalue weighted by Crippen LogP contribution is 2.45. The van der Waals surface area contributed by atoms with Gasteiger partial charge in [0.05, 0.1) is 6.10 Å². The number of aliphatic hydroxyl groups is 1. The van der Waals surface area contributed by atoms with Crippen molar-refractivity contribution in [3.05, 3.63) is 12.2 Å². The number of Topliss-reactive ketones (excluding diaryl/α,β-unsaturated/α-hetero) is 1. The van der Waals surface area contributed by atoms with Gasteiger partial charge in [-0.2, -0.15) is 0 Å². The fraction of sp³-hybridized carbons (Fsp3) is 0.727. The van der Waals surface area contributed by atoms with E-state index in [-0.39, 0.29) is 11.5 Å². The lowest BCUT2D eigenvalue weighted by molar-refractivity contribution is -0.132. The fourth-order valence-electron chi connectivity index (χ4n) is 2.60. The Morgan fingerprint density at radius 1 is 1.77 bits per heavy atom. The highest BCUT2D eigenvalue weighted by molar-refractivity contribution is 5.89. The number of fused-ring (bicyclic) bond motifs is 2. The van der Waals surface area contributed by atoms with Crippen LogP contribution in [0.5, 0.6) is 0 Å². The monoisotopic (exact) mass is 180 g/mol. The van der Waals surface area contributed by atoms with E-state index < -0.39 is 0 Å². The predicted molar refractivity (Wildman–Crippen MR) is 50.2 cm³/mol. The summed E-state index contributed by atoms with van der Waals surface area (Å²) in [6.07, 6.45) is 7.20.